The zero-order valence-corrected chi connectivity index (χ0v) is 16.0. The van der Waals surface area contributed by atoms with Crippen LogP contribution < -0.4 is 20.3 Å². The summed E-state index contributed by atoms with van der Waals surface area (Å²) in [6.45, 7) is 2.46. The van der Waals surface area contributed by atoms with Crippen molar-refractivity contribution in [2.24, 2.45) is 0 Å². The molecule has 0 saturated carbocycles. The molecule has 2 amide bonds. The molecule has 2 rings (SSSR count). The molecular weight excluding hydrogens is 392 g/mol. The number of hydrogen-bond donors (Lipinski definition) is 2. The van der Waals surface area contributed by atoms with Crippen molar-refractivity contribution < 1.29 is 27.8 Å². The number of pyridine rings is 1. The highest BCUT2D eigenvalue weighted by atomic mass is 32.2. The summed E-state index contributed by atoms with van der Waals surface area (Å²) in [5, 5.41) is -0.136. The van der Waals surface area contributed by atoms with Gasteiger partial charge in [0.1, 0.15) is 5.03 Å². The maximum absolute atomic E-state index is 12.6. The van der Waals surface area contributed by atoms with E-state index in [1.165, 1.54) is 37.6 Å². The molecule has 28 heavy (non-hydrogen) atoms. The highest BCUT2D eigenvalue weighted by Gasteiger charge is 2.18. The molecule has 1 aromatic heterocycles. The third-order valence-electron chi connectivity index (χ3n) is 3.39. The summed E-state index contributed by atoms with van der Waals surface area (Å²) < 4.78 is 35.9. The number of benzene rings is 1. The lowest BCUT2D eigenvalue weighted by atomic mass is 10.2. The molecule has 2 aromatic rings. The standard InChI is InChI=1S/C18H19F2N3O4S/c1-3-9-27-13-7-6-11(10-14(13)26-2)15(24)22-23-16(25)12-5-4-8-21-17(12)28-18(19)20/h4-8,10,18H,3,9H2,1-2H3,(H,22,24)(H,23,25). The number of nitrogens with zero attached hydrogens (tertiary/aromatic N) is 1. The quantitative estimate of drug-likeness (QED) is 0.512. The molecule has 0 saturated heterocycles. The lowest BCUT2D eigenvalue weighted by molar-refractivity contribution is 0.0844. The van der Waals surface area contributed by atoms with Gasteiger partial charge in [0.25, 0.3) is 17.6 Å². The van der Waals surface area contributed by atoms with E-state index in [-0.39, 0.29) is 27.9 Å². The van der Waals surface area contributed by atoms with Gasteiger partial charge >= 0.3 is 0 Å². The van der Waals surface area contributed by atoms with E-state index in [4.69, 9.17) is 9.47 Å². The number of hydrazine groups is 1. The molecule has 0 spiro atoms. The fourth-order valence-electron chi connectivity index (χ4n) is 2.14. The van der Waals surface area contributed by atoms with Gasteiger partial charge in [0, 0.05) is 11.8 Å². The van der Waals surface area contributed by atoms with Crippen molar-refractivity contribution >= 4 is 23.6 Å². The predicted molar refractivity (Wildman–Crippen MR) is 99.8 cm³/mol. The SMILES string of the molecule is CCCOc1ccc(C(=O)NNC(=O)c2cccnc2SC(F)F)cc1OC. The minimum atomic E-state index is -2.73. The van der Waals surface area contributed by atoms with Crippen molar-refractivity contribution in [2.45, 2.75) is 24.1 Å². The van der Waals surface area contributed by atoms with Crippen LogP contribution >= 0.6 is 11.8 Å². The van der Waals surface area contributed by atoms with Crippen molar-refractivity contribution in [3.63, 3.8) is 0 Å². The molecule has 0 radical (unpaired) electrons. The number of aromatic nitrogens is 1. The molecule has 0 unspecified atom stereocenters. The Morgan fingerprint density at radius 3 is 2.61 bits per heavy atom. The Balaban J connectivity index is 2.05. The maximum atomic E-state index is 12.6. The summed E-state index contributed by atoms with van der Waals surface area (Å²) in [6.07, 6.45) is 2.12. The van der Waals surface area contributed by atoms with Crippen molar-refractivity contribution in [2.75, 3.05) is 13.7 Å². The number of ether oxygens (including phenoxy) is 2. The van der Waals surface area contributed by atoms with Crippen LogP contribution in [-0.2, 0) is 0 Å². The maximum Gasteiger partial charge on any atom is 0.290 e. The first-order valence-electron chi connectivity index (χ1n) is 8.27. The third-order valence-corrected chi connectivity index (χ3v) is 4.12. The average molecular weight is 411 g/mol. The van der Waals surface area contributed by atoms with E-state index in [0.717, 1.165) is 6.42 Å². The van der Waals surface area contributed by atoms with Crippen molar-refractivity contribution in [3.05, 3.63) is 47.7 Å². The zero-order valence-electron chi connectivity index (χ0n) is 15.2. The molecule has 1 heterocycles. The molecule has 1 aromatic carbocycles. The van der Waals surface area contributed by atoms with Crippen LogP contribution in [-0.4, -0.2) is 36.3 Å². The van der Waals surface area contributed by atoms with Gasteiger partial charge in [0.2, 0.25) is 0 Å². The molecule has 2 N–H and O–H groups in total. The number of halogens is 2. The Labute approximate surface area is 164 Å². The molecule has 0 aliphatic rings. The number of alkyl halides is 2. The van der Waals surface area contributed by atoms with E-state index in [1.807, 2.05) is 6.92 Å². The molecule has 0 aliphatic carbocycles. The van der Waals surface area contributed by atoms with Crippen molar-refractivity contribution in [3.8, 4) is 11.5 Å². The van der Waals surface area contributed by atoms with E-state index in [1.54, 1.807) is 6.07 Å². The Hall–Kier alpha value is -2.88. The van der Waals surface area contributed by atoms with E-state index in [2.05, 4.69) is 15.8 Å². The molecule has 0 aliphatic heterocycles. The van der Waals surface area contributed by atoms with Crippen LogP contribution in [0.25, 0.3) is 0 Å². The summed E-state index contributed by atoms with van der Waals surface area (Å²) in [4.78, 5) is 28.2. The minimum Gasteiger partial charge on any atom is -0.493 e. The van der Waals surface area contributed by atoms with Gasteiger partial charge in [0.15, 0.2) is 11.5 Å². The number of rotatable bonds is 8. The van der Waals surface area contributed by atoms with Crippen LogP contribution in [0, 0.1) is 0 Å². The molecule has 0 atom stereocenters. The normalized spacial score (nSPS) is 10.5. The number of thioether (sulfide) groups is 1. The second kappa shape index (κ2) is 10.5. The number of carbonyl (C=O) groups is 2. The largest absolute Gasteiger partial charge is 0.493 e. The highest BCUT2D eigenvalue weighted by Crippen LogP contribution is 2.28. The van der Waals surface area contributed by atoms with E-state index in [9.17, 15) is 18.4 Å². The lowest BCUT2D eigenvalue weighted by Crippen LogP contribution is -2.41. The number of methoxy groups -OCH3 is 1. The second-order valence-corrected chi connectivity index (χ2v) is 6.34. The number of hydrogen-bond acceptors (Lipinski definition) is 6. The van der Waals surface area contributed by atoms with Crippen molar-refractivity contribution in [1.82, 2.24) is 15.8 Å². The predicted octanol–water partition coefficient (Wildman–Crippen LogP) is 3.27. The molecule has 7 nitrogen and oxygen atoms in total. The van der Waals surface area contributed by atoms with Gasteiger partial charge in [-0.05, 0) is 48.5 Å². The highest BCUT2D eigenvalue weighted by molar-refractivity contribution is 7.99. The molecule has 0 bridgehead atoms. The molecule has 150 valence electrons. The first kappa shape index (κ1) is 21.4. The Kier molecular flexibility index (Phi) is 8.00. The van der Waals surface area contributed by atoms with Gasteiger partial charge in [0.05, 0.1) is 19.3 Å². The monoisotopic (exact) mass is 411 g/mol. The molecular formula is C18H19F2N3O4S. The fraction of sp³-hybridized carbons (Fsp3) is 0.278. The first-order chi connectivity index (χ1) is 13.5. The van der Waals surface area contributed by atoms with Crippen LogP contribution in [0.3, 0.4) is 0 Å². The summed E-state index contributed by atoms with van der Waals surface area (Å²) in [5.74, 6) is -3.23. The van der Waals surface area contributed by atoms with Crippen LogP contribution in [0.5, 0.6) is 11.5 Å². The number of nitrogens with one attached hydrogen (secondary N) is 2. The first-order valence-corrected chi connectivity index (χ1v) is 9.15. The lowest BCUT2D eigenvalue weighted by Gasteiger charge is -2.12. The summed E-state index contributed by atoms with van der Waals surface area (Å²) >= 11 is 0.149. The van der Waals surface area contributed by atoms with Crippen molar-refractivity contribution in [1.29, 1.82) is 0 Å². The Bertz CT molecular complexity index is 836. The van der Waals surface area contributed by atoms with Gasteiger partial charge in [-0.15, -0.1) is 0 Å². The summed E-state index contributed by atoms with van der Waals surface area (Å²) in [5.41, 5.74) is 4.56. The van der Waals surface area contributed by atoms with E-state index < -0.39 is 17.6 Å². The third kappa shape index (κ3) is 5.81. The fourth-order valence-corrected chi connectivity index (χ4v) is 2.71. The van der Waals surface area contributed by atoms with Gasteiger partial charge in [-0.3, -0.25) is 20.4 Å². The van der Waals surface area contributed by atoms with Crippen LogP contribution in [0.2, 0.25) is 0 Å². The van der Waals surface area contributed by atoms with E-state index >= 15 is 0 Å². The van der Waals surface area contributed by atoms with Crippen LogP contribution in [0.1, 0.15) is 34.1 Å². The van der Waals surface area contributed by atoms with Gasteiger partial charge in [-0.2, -0.15) is 8.78 Å². The van der Waals surface area contributed by atoms with Gasteiger partial charge in [-0.1, -0.05) is 6.92 Å². The van der Waals surface area contributed by atoms with Crippen LogP contribution in [0.4, 0.5) is 8.78 Å². The molecule has 10 heteroatoms. The number of amides is 2. The van der Waals surface area contributed by atoms with Crippen LogP contribution in [0.15, 0.2) is 41.6 Å². The van der Waals surface area contributed by atoms with Gasteiger partial charge < -0.3 is 9.47 Å². The smallest absolute Gasteiger partial charge is 0.290 e. The zero-order chi connectivity index (χ0) is 20.5. The Morgan fingerprint density at radius 1 is 1.18 bits per heavy atom. The number of carbonyl (C=O) groups excluding carboxylic acids is 2. The van der Waals surface area contributed by atoms with Gasteiger partial charge in [-0.25, -0.2) is 4.98 Å². The minimum absolute atomic E-state index is 0.0750. The molecule has 0 fully saturated rings. The Morgan fingerprint density at radius 2 is 1.93 bits per heavy atom. The summed E-state index contributed by atoms with van der Waals surface area (Å²) in [7, 11) is 1.45. The summed E-state index contributed by atoms with van der Waals surface area (Å²) in [6, 6.07) is 7.34. The van der Waals surface area contributed by atoms with E-state index in [0.29, 0.717) is 18.1 Å². The topological polar surface area (TPSA) is 89.6 Å². The second-order valence-electron chi connectivity index (χ2n) is 5.36. The average Bonchev–Trinajstić information content (AvgIpc) is 2.70.